The zero-order valence-electron chi connectivity index (χ0n) is 10.3. The van der Waals surface area contributed by atoms with E-state index in [1.54, 1.807) is 24.7 Å². The molecule has 0 fully saturated rings. The van der Waals surface area contributed by atoms with Crippen molar-refractivity contribution in [1.29, 1.82) is 0 Å². The first-order valence-electron chi connectivity index (χ1n) is 6.01. The summed E-state index contributed by atoms with van der Waals surface area (Å²) in [5, 5.41) is 6.01. The molecular weight excluding hydrogens is 264 g/mol. The molecule has 0 aliphatic rings. The van der Waals surface area contributed by atoms with Crippen molar-refractivity contribution in [1.82, 2.24) is 14.9 Å². The Labute approximate surface area is 116 Å². The van der Waals surface area contributed by atoms with Gasteiger partial charge in [0.1, 0.15) is 0 Å². The summed E-state index contributed by atoms with van der Waals surface area (Å²) in [7, 11) is 0. The molecule has 0 spiro atoms. The summed E-state index contributed by atoms with van der Waals surface area (Å²) in [6.45, 7) is 1.42. The summed E-state index contributed by atoms with van der Waals surface area (Å²) in [5.41, 5.74) is 0.608. The number of nitrogens with zero attached hydrogens (tertiary/aromatic N) is 2. The van der Waals surface area contributed by atoms with Crippen molar-refractivity contribution in [3.8, 4) is 0 Å². The third-order valence-electron chi connectivity index (χ3n) is 2.56. The molecule has 5 nitrogen and oxygen atoms in total. The molecule has 100 valence electrons. The van der Waals surface area contributed by atoms with Crippen molar-refractivity contribution < 1.29 is 4.79 Å². The van der Waals surface area contributed by atoms with Crippen LogP contribution in [0.15, 0.2) is 43.0 Å². The summed E-state index contributed by atoms with van der Waals surface area (Å²) in [4.78, 5) is 15.6. The van der Waals surface area contributed by atoms with Crippen LogP contribution < -0.4 is 10.6 Å². The van der Waals surface area contributed by atoms with Gasteiger partial charge in [-0.3, -0.25) is 0 Å². The number of anilines is 1. The molecule has 0 bridgehead atoms. The molecular formula is C13H15ClN4O. The highest BCUT2D eigenvalue weighted by Crippen LogP contribution is 2.19. The van der Waals surface area contributed by atoms with E-state index in [0.29, 0.717) is 17.3 Å². The number of rotatable bonds is 5. The SMILES string of the molecule is O=C(NCCCn1ccnc1)Nc1ccccc1Cl. The molecule has 19 heavy (non-hydrogen) atoms. The minimum absolute atomic E-state index is 0.251. The molecule has 1 heterocycles. The summed E-state index contributed by atoms with van der Waals surface area (Å²) in [6, 6.07) is 6.87. The fourth-order valence-electron chi connectivity index (χ4n) is 1.61. The number of carbonyl (C=O) groups excluding carboxylic acids is 1. The summed E-state index contributed by atoms with van der Waals surface area (Å²) < 4.78 is 1.97. The van der Waals surface area contributed by atoms with Crippen LogP contribution in [-0.4, -0.2) is 22.1 Å². The number of urea groups is 1. The van der Waals surface area contributed by atoms with Gasteiger partial charge in [-0.1, -0.05) is 23.7 Å². The number of amides is 2. The van der Waals surface area contributed by atoms with Gasteiger partial charge in [0.25, 0.3) is 0 Å². The molecule has 2 aromatic rings. The molecule has 0 saturated carbocycles. The van der Waals surface area contributed by atoms with Gasteiger partial charge in [-0.05, 0) is 18.6 Å². The molecule has 0 aliphatic heterocycles. The fraction of sp³-hybridized carbons (Fsp3) is 0.231. The number of carbonyl (C=O) groups is 1. The molecule has 0 aliphatic carbocycles. The number of nitrogens with one attached hydrogen (secondary N) is 2. The van der Waals surface area contributed by atoms with Crippen LogP contribution in [0.5, 0.6) is 0 Å². The quantitative estimate of drug-likeness (QED) is 0.826. The van der Waals surface area contributed by atoms with Gasteiger partial charge in [0.15, 0.2) is 0 Å². The van der Waals surface area contributed by atoms with Crippen LogP contribution in [0, 0.1) is 0 Å². The number of halogens is 1. The molecule has 1 aromatic heterocycles. The van der Waals surface area contributed by atoms with Crippen LogP contribution in [0.3, 0.4) is 0 Å². The number of hydrogen-bond donors (Lipinski definition) is 2. The number of hydrogen-bond acceptors (Lipinski definition) is 2. The van der Waals surface area contributed by atoms with Crippen LogP contribution in [0.25, 0.3) is 0 Å². The lowest BCUT2D eigenvalue weighted by Gasteiger charge is -2.08. The molecule has 0 saturated heterocycles. The van der Waals surface area contributed by atoms with E-state index in [1.165, 1.54) is 0 Å². The van der Waals surface area contributed by atoms with Crippen molar-refractivity contribution in [3.05, 3.63) is 48.0 Å². The lowest BCUT2D eigenvalue weighted by molar-refractivity contribution is 0.252. The summed E-state index contributed by atoms with van der Waals surface area (Å²) in [6.07, 6.45) is 6.22. The van der Waals surface area contributed by atoms with Gasteiger partial charge in [-0.15, -0.1) is 0 Å². The predicted molar refractivity (Wildman–Crippen MR) is 75.3 cm³/mol. The lowest BCUT2D eigenvalue weighted by Crippen LogP contribution is -2.30. The van der Waals surface area contributed by atoms with Crippen molar-refractivity contribution >= 4 is 23.3 Å². The predicted octanol–water partition coefficient (Wildman–Crippen LogP) is 2.75. The van der Waals surface area contributed by atoms with E-state index in [-0.39, 0.29) is 6.03 Å². The zero-order chi connectivity index (χ0) is 13.5. The van der Waals surface area contributed by atoms with Crippen molar-refractivity contribution in [2.45, 2.75) is 13.0 Å². The first kappa shape index (κ1) is 13.4. The second-order valence-corrected chi connectivity index (χ2v) is 4.42. The Balaban J connectivity index is 1.69. The second-order valence-electron chi connectivity index (χ2n) is 4.01. The third-order valence-corrected chi connectivity index (χ3v) is 2.89. The molecule has 1 aromatic carbocycles. The van der Waals surface area contributed by atoms with Crippen LogP contribution in [-0.2, 0) is 6.54 Å². The highest BCUT2D eigenvalue weighted by Gasteiger charge is 2.03. The maximum absolute atomic E-state index is 11.6. The Morgan fingerprint density at radius 1 is 1.37 bits per heavy atom. The largest absolute Gasteiger partial charge is 0.338 e. The second kappa shape index (κ2) is 6.80. The minimum atomic E-state index is -0.251. The van der Waals surface area contributed by atoms with E-state index >= 15 is 0 Å². The Bertz CT molecular complexity index is 527. The first-order chi connectivity index (χ1) is 9.25. The Morgan fingerprint density at radius 2 is 2.21 bits per heavy atom. The third kappa shape index (κ3) is 4.30. The van der Waals surface area contributed by atoms with Gasteiger partial charge in [0.05, 0.1) is 17.0 Å². The van der Waals surface area contributed by atoms with Gasteiger partial charge in [0, 0.05) is 25.5 Å². The highest BCUT2D eigenvalue weighted by molar-refractivity contribution is 6.33. The number of para-hydroxylation sites is 1. The monoisotopic (exact) mass is 278 g/mol. The van der Waals surface area contributed by atoms with Crippen molar-refractivity contribution in [2.24, 2.45) is 0 Å². The molecule has 6 heteroatoms. The maximum Gasteiger partial charge on any atom is 0.319 e. The van der Waals surface area contributed by atoms with Crippen LogP contribution in [0.4, 0.5) is 10.5 Å². The summed E-state index contributed by atoms with van der Waals surface area (Å²) >= 11 is 5.94. The fourth-order valence-corrected chi connectivity index (χ4v) is 1.79. The molecule has 2 rings (SSSR count). The zero-order valence-corrected chi connectivity index (χ0v) is 11.1. The maximum atomic E-state index is 11.6. The van der Waals surface area contributed by atoms with E-state index in [4.69, 9.17) is 11.6 Å². The van der Waals surface area contributed by atoms with Gasteiger partial charge in [0.2, 0.25) is 0 Å². The summed E-state index contributed by atoms with van der Waals surface area (Å²) in [5.74, 6) is 0. The average Bonchev–Trinajstić information content (AvgIpc) is 2.91. The topological polar surface area (TPSA) is 59.0 Å². The number of imidazole rings is 1. The minimum Gasteiger partial charge on any atom is -0.338 e. The number of aryl methyl sites for hydroxylation is 1. The lowest BCUT2D eigenvalue weighted by atomic mass is 10.3. The molecule has 0 atom stereocenters. The van der Waals surface area contributed by atoms with E-state index in [0.717, 1.165) is 13.0 Å². The van der Waals surface area contributed by atoms with Crippen LogP contribution in [0.2, 0.25) is 5.02 Å². The van der Waals surface area contributed by atoms with Gasteiger partial charge < -0.3 is 15.2 Å². The van der Waals surface area contributed by atoms with Crippen molar-refractivity contribution in [3.63, 3.8) is 0 Å². The van der Waals surface area contributed by atoms with Crippen LogP contribution >= 0.6 is 11.6 Å². The average molecular weight is 279 g/mol. The Morgan fingerprint density at radius 3 is 2.95 bits per heavy atom. The molecule has 2 N–H and O–H groups in total. The van der Waals surface area contributed by atoms with Crippen molar-refractivity contribution in [2.75, 3.05) is 11.9 Å². The number of benzene rings is 1. The molecule has 0 radical (unpaired) electrons. The standard InChI is InChI=1S/C13H15ClN4O/c14-11-4-1-2-5-12(11)17-13(19)16-6-3-8-18-9-7-15-10-18/h1-2,4-5,7,9-10H,3,6,8H2,(H2,16,17,19). The van der Waals surface area contributed by atoms with E-state index < -0.39 is 0 Å². The Kier molecular flexibility index (Phi) is 4.80. The number of aromatic nitrogens is 2. The normalized spacial score (nSPS) is 10.2. The van der Waals surface area contributed by atoms with E-state index in [1.807, 2.05) is 22.9 Å². The molecule has 0 unspecified atom stereocenters. The highest BCUT2D eigenvalue weighted by atomic mass is 35.5. The van der Waals surface area contributed by atoms with Gasteiger partial charge in [-0.25, -0.2) is 9.78 Å². The van der Waals surface area contributed by atoms with E-state index in [9.17, 15) is 4.79 Å². The van der Waals surface area contributed by atoms with Gasteiger partial charge >= 0.3 is 6.03 Å². The van der Waals surface area contributed by atoms with Crippen LogP contribution in [0.1, 0.15) is 6.42 Å². The van der Waals surface area contributed by atoms with E-state index in [2.05, 4.69) is 15.6 Å². The smallest absolute Gasteiger partial charge is 0.319 e. The Hall–Kier alpha value is -2.01. The van der Waals surface area contributed by atoms with Gasteiger partial charge in [-0.2, -0.15) is 0 Å². The first-order valence-corrected chi connectivity index (χ1v) is 6.38. The molecule has 2 amide bonds.